The van der Waals surface area contributed by atoms with E-state index in [1.807, 2.05) is 55.1 Å². The third kappa shape index (κ3) is 2.81. The van der Waals surface area contributed by atoms with E-state index in [1.165, 1.54) is 0 Å². The minimum atomic E-state index is -0.286. The maximum absolute atomic E-state index is 13.1. The zero-order valence-electron chi connectivity index (χ0n) is 16.2. The smallest absolute Gasteiger partial charge is 0.273 e. The van der Waals surface area contributed by atoms with Crippen molar-refractivity contribution < 1.29 is 14.6 Å². The van der Waals surface area contributed by atoms with Gasteiger partial charge in [0.2, 0.25) is 0 Å². The summed E-state index contributed by atoms with van der Waals surface area (Å²) in [6.45, 7) is 4.64. The number of carbonyl (C=O) groups excluding carboxylic acids is 1. The SMILES string of the molecule is CCCN1C(=O)c2[nH]nc(-c3cc(C)ccc3O)c2[C@H]1c1cccc(OC)c1. The molecule has 4 rings (SSSR count). The highest BCUT2D eigenvalue weighted by Crippen LogP contribution is 2.45. The van der Waals surface area contributed by atoms with E-state index in [1.54, 1.807) is 13.2 Å². The molecule has 1 atom stereocenters. The minimum absolute atomic E-state index is 0.0736. The molecule has 2 aromatic carbocycles. The number of phenols is 1. The van der Waals surface area contributed by atoms with Gasteiger partial charge in [-0.2, -0.15) is 5.10 Å². The van der Waals surface area contributed by atoms with Crippen molar-refractivity contribution in [2.75, 3.05) is 13.7 Å². The molecule has 0 bridgehead atoms. The van der Waals surface area contributed by atoms with E-state index in [-0.39, 0.29) is 17.7 Å². The molecule has 0 unspecified atom stereocenters. The second kappa shape index (κ2) is 7.03. The second-order valence-electron chi connectivity index (χ2n) is 7.06. The molecule has 1 aliphatic heterocycles. The summed E-state index contributed by atoms with van der Waals surface area (Å²) in [7, 11) is 1.63. The third-order valence-corrected chi connectivity index (χ3v) is 5.15. The highest BCUT2D eigenvalue weighted by atomic mass is 16.5. The largest absolute Gasteiger partial charge is 0.507 e. The molecular weight excluding hydrogens is 354 g/mol. The Morgan fingerprint density at radius 2 is 2.07 bits per heavy atom. The van der Waals surface area contributed by atoms with Crippen LogP contribution in [0.5, 0.6) is 11.5 Å². The summed E-state index contributed by atoms with van der Waals surface area (Å²) in [6.07, 6.45) is 0.842. The van der Waals surface area contributed by atoms with Crippen LogP contribution in [-0.4, -0.2) is 39.8 Å². The first-order valence-corrected chi connectivity index (χ1v) is 9.38. The van der Waals surface area contributed by atoms with Crippen LogP contribution in [-0.2, 0) is 0 Å². The molecular formula is C22H23N3O3. The molecule has 3 aromatic rings. The van der Waals surface area contributed by atoms with Crippen LogP contribution in [0.3, 0.4) is 0 Å². The van der Waals surface area contributed by atoms with Crippen molar-refractivity contribution in [1.82, 2.24) is 15.1 Å². The summed E-state index contributed by atoms with van der Waals surface area (Å²) in [4.78, 5) is 14.9. The standard InChI is InChI=1S/C22H23N3O3/c1-4-10-25-21(14-6-5-7-15(12-14)28-3)18-19(23-24-20(18)22(25)27)16-11-13(2)8-9-17(16)26/h5-9,11-12,21,26H,4,10H2,1-3H3,(H,23,24)/t21-/m1/s1. The number of ether oxygens (including phenoxy) is 1. The van der Waals surface area contributed by atoms with Crippen molar-refractivity contribution in [3.8, 4) is 22.8 Å². The monoisotopic (exact) mass is 377 g/mol. The van der Waals surface area contributed by atoms with Gasteiger partial charge in [-0.05, 0) is 43.2 Å². The van der Waals surface area contributed by atoms with Crippen molar-refractivity contribution in [3.05, 3.63) is 64.8 Å². The summed E-state index contributed by atoms with van der Waals surface area (Å²) < 4.78 is 5.39. The summed E-state index contributed by atoms with van der Waals surface area (Å²) in [5.74, 6) is 0.805. The third-order valence-electron chi connectivity index (χ3n) is 5.15. The fourth-order valence-corrected chi connectivity index (χ4v) is 3.87. The maximum atomic E-state index is 13.1. The lowest BCUT2D eigenvalue weighted by atomic mass is 9.95. The molecule has 0 saturated carbocycles. The number of aromatic hydroxyl groups is 1. The Kier molecular flexibility index (Phi) is 4.55. The number of hydrogen-bond donors (Lipinski definition) is 2. The van der Waals surface area contributed by atoms with Crippen LogP contribution in [0.25, 0.3) is 11.3 Å². The molecule has 28 heavy (non-hydrogen) atoms. The molecule has 2 heterocycles. The van der Waals surface area contributed by atoms with Crippen LogP contribution >= 0.6 is 0 Å². The normalized spacial score (nSPS) is 15.8. The molecule has 0 fully saturated rings. The molecule has 0 radical (unpaired) electrons. The van der Waals surface area contributed by atoms with Gasteiger partial charge in [-0.15, -0.1) is 0 Å². The summed E-state index contributed by atoms with van der Waals surface area (Å²) in [5.41, 5.74) is 4.48. The van der Waals surface area contributed by atoms with Gasteiger partial charge in [0, 0.05) is 17.7 Å². The number of amides is 1. The van der Waals surface area contributed by atoms with Gasteiger partial charge in [0.15, 0.2) is 0 Å². The van der Waals surface area contributed by atoms with Crippen LogP contribution in [0.15, 0.2) is 42.5 Å². The van der Waals surface area contributed by atoms with E-state index in [0.29, 0.717) is 23.5 Å². The van der Waals surface area contributed by atoms with E-state index >= 15 is 0 Å². The first-order valence-electron chi connectivity index (χ1n) is 9.38. The quantitative estimate of drug-likeness (QED) is 0.703. The highest BCUT2D eigenvalue weighted by molar-refractivity contribution is 6.00. The molecule has 1 amide bonds. The Labute approximate surface area is 163 Å². The molecule has 2 N–H and O–H groups in total. The van der Waals surface area contributed by atoms with Crippen LogP contribution in [0.2, 0.25) is 0 Å². The average molecular weight is 377 g/mol. The number of hydrogen-bond acceptors (Lipinski definition) is 4. The lowest BCUT2D eigenvalue weighted by Crippen LogP contribution is -2.30. The molecule has 1 aromatic heterocycles. The van der Waals surface area contributed by atoms with Gasteiger partial charge in [0.25, 0.3) is 5.91 Å². The Hall–Kier alpha value is -3.28. The number of fused-ring (bicyclic) bond motifs is 1. The Balaban J connectivity index is 1.92. The number of aromatic nitrogens is 2. The Morgan fingerprint density at radius 1 is 1.25 bits per heavy atom. The van der Waals surface area contributed by atoms with E-state index in [2.05, 4.69) is 10.2 Å². The number of carbonyl (C=O) groups is 1. The predicted octanol–water partition coefficient (Wildman–Crippen LogP) is 4.05. The molecule has 6 heteroatoms. The Bertz CT molecular complexity index is 1040. The number of benzene rings is 2. The van der Waals surface area contributed by atoms with E-state index in [9.17, 15) is 9.90 Å². The van der Waals surface area contributed by atoms with E-state index in [4.69, 9.17) is 4.74 Å². The van der Waals surface area contributed by atoms with Crippen molar-refractivity contribution >= 4 is 5.91 Å². The molecule has 0 spiro atoms. The second-order valence-corrected chi connectivity index (χ2v) is 7.06. The summed E-state index contributed by atoms with van der Waals surface area (Å²) >= 11 is 0. The van der Waals surface area contributed by atoms with Gasteiger partial charge < -0.3 is 14.7 Å². The van der Waals surface area contributed by atoms with Crippen molar-refractivity contribution in [2.45, 2.75) is 26.3 Å². The number of nitrogens with one attached hydrogen (secondary N) is 1. The van der Waals surface area contributed by atoms with Crippen molar-refractivity contribution in [2.24, 2.45) is 0 Å². The average Bonchev–Trinajstić information content (AvgIpc) is 3.24. The van der Waals surface area contributed by atoms with Crippen LogP contribution in [0.1, 0.15) is 46.6 Å². The maximum Gasteiger partial charge on any atom is 0.273 e. The summed E-state index contributed by atoms with van der Waals surface area (Å²) in [5, 5.41) is 17.8. The van der Waals surface area contributed by atoms with Crippen LogP contribution < -0.4 is 4.74 Å². The first kappa shape index (κ1) is 18.1. The van der Waals surface area contributed by atoms with Crippen LogP contribution in [0, 0.1) is 6.92 Å². The van der Waals surface area contributed by atoms with Gasteiger partial charge in [-0.25, -0.2) is 0 Å². The topological polar surface area (TPSA) is 78.5 Å². The van der Waals surface area contributed by atoms with E-state index < -0.39 is 0 Å². The van der Waals surface area contributed by atoms with Gasteiger partial charge >= 0.3 is 0 Å². The number of rotatable bonds is 5. The summed E-state index contributed by atoms with van der Waals surface area (Å²) in [6, 6.07) is 12.9. The molecule has 0 aliphatic carbocycles. The molecule has 6 nitrogen and oxygen atoms in total. The number of phenolic OH excluding ortho intramolecular Hbond substituents is 1. The Morgan fingerprint density at radius 3 is 2.82 bits per heavy atom. The van der Waals surface area contributed by atoms with Gasteiger partial charge in [0.05, 0.1) is 13.2 Å². The van der Waals surface area contributed by atoms with Gasteiger partial charge in [-0.1, -0.05) is 30.7 Å². The van der Waals surface area contributed by atoms with E-state index in [0.717, 1.165) is 28.9 Å². The fourth-order valence-electron chi connectivity index (χ4n) is 3.87. The number of H-pyrrole nitrogens is 1. The molecule has 144 valence electrons. The number of aromatic amines is 1. The fraction of sp³-hybridized carbons (Fsp3) is 0.273. The van der Waals surface area contributed by atoms with Gasteiger partial charge in [0.1, 0.15) is 22.9 Å². The highest BCUT2D eigenvalue weighted by Gasteiger charge is 2.42. The van der Waals surface area contributed by atoms with Gasteiger partial charge in [-0.3, -0.25) is 9.89 Å². The first-order chi connectivity index (χ1) is 13.5. The molecule has 1 aliphatic rings. The zero-order valence-corrected chi connectivity index (χ0v) is 16.2. The lowest BCUT2D eigenvalue weighted by molar-refractivity contribution is 0.0744. The lowest BCUT2D eigenvalue weighted by Gasteiger charge is -2.26. The predicted molar refractivity (Wildman–Crippen MR) is 107 cm³/mol. The number of aryl methyl sites for hydroxylation is 1. The van der Waals surface area contributed by atoms with Crippen molar-refractivity contribution in [3.63, 3.8) is 0 Å². The van der Waals surface area contributed by atoms with Crippen LogP contribution in [0.4, 0.5) is 0 Å². The minimum Gasteiger partial charge on any atom is -0.507 e. The molecule has 0 saturated heterocycles. The zero-order chi connectivity index (χ0) is 19.8. The number of nitrogens with zero attached hydrogens (tertiary/aromatic N) is 2. The van der Waals surface area contributed by atoms with Crippen molar-refractivity contribution in [1.29, 1.82) is 0 Å². The number of methoxy groups -OCH3 is 1.